The van der Waals surface area contributed by atoms with Crippen molar-refractivity contribution < 1.29 is 14.3 Å². The van der Waals surface area contributed by atoms with Crippen LogP contribution in [0.5, 0.6) is 0 Å². The first kappa shape index (κ1) is 13.9. The first-order chi connectivity index (χ1) is 10.7. The summed E-state index contributed by atoms with van der Waals surface area (Å²) in [5, 5.41) is 1.64. The van der Waals surface area contributed by atoms with Gasteiger partial charge in [-0.1, -0.05) is 28.1 Å². The van der Waals surface area contributed by atoms with Gasteiger partial charge in [-0.3, -0.25) is 14.5 Å². The highest BCUT2D eigenvalue weighted by Crippen LogP contribution is 2.34. The van der Waals surface area contributed by atoms with E-state index in [1.807, 2.05) is 18.2 Å². The van der Waals surface area contributed by atoms with E-state index < -0.39 is 0 Å². The summed E-state index contributed by atoms with van der Waals surface area (Å²) in [6.45, 7) is 1.05. The van der Waals surface area contributed by atoms with E-state index in [0.717, 1.165) is 28.1 Å². The van der Waals surface area contributed by atoms with Crippen LogP contribution in [0.25, 0.3) is 10.8 Å². The number of carbonyl (C=O) groups excluding carboxylic acids is 2. The van der Waals surface area contributed by atoms with Crippen LogP contribution in [0, 0.1) is 0 Å². The number of hydrogen-bond donors (Lipinski definition) is 0. The standard InChI is InChI=1S/C17H14BrNO3/c18-14-7-6-13-15-11(14)4-1-5-12(15)16(20)19(17(13)21)9-10-3-2-8-22-10/h1,4-7,10H,2-3,8-9H2/t10-/m0/s1. The molecule has 5 heteroatoms. The van der Waals surface area contributed by atoms with Crippen LogP contribution in [0.2, 0.25) is 0 Å². The van der Waals surface area contributed by atoms with Crippen molar-refractivity contribution in [2.75, 3.05) is 13.2 Å². The molecule has 22 heavy (non-hydrogen) atoms. The maximum Gasteiger partial charge on any atom is 0.261 e. The molecule has 0 N–H and O–H groups in total. The van der Waals surface area contributed by atoms with Gasteiger partial charge < -0.3 is 4.74 Å². The van der Waals surface area contributed by atoms with E-state index in [4.69, 9.17) is 4.74 Å². The predicted octanol–water partition coefficient (Wildman–Crippen LogP) is 3.38. The number of halogens is 1. The summed E-state index contributed by atoms with van der Waals surface area (Å²) in [7, 11) is 0. The van der Waals surface area contributed by atoms with Crippen LogP contribution < -0.4 is 0 Å². The zero-order valence-electron chi connectivity index (χ0n) is 11.8. The minimum atomic E-state index is -0.225. The van der Waals surface area contributed by atoms with E-state index in [0.29, 0.717) is 24.3 Å². The van der Waals surface area contributed by atoms with Crippen LogP contribution in [0.4, 0.5) is 0 Å². The average molecular weight is 360 g/mol. The Morgan fingerprint density at radius 1 is 1.14 bits per heavy atom. The van der Waals surface area contributed by atoms with Crippen LogP contribution in [0.1, 0.15) is 33.6 Å². The summed E-state index contributed by atoms with van der Waals surface area (Å²) >= 11 is 3.49. The summed E-state index contributed by atoms with van der Waals surface area (Å²) in [4.78, 5) is 26.8. The van der Waals surface area contributed by atoms with E-state index in [1.165, 1.54) is 4.90 Å². The molecule has 1 fully saturated rings. The number of imide groups is 1. The van der Waals surface area contributed by atoms with Gasteiger partial charge in [0.15, 0.2) is 0 Å². The molecule has 4 nitrogen and oxygen atoms in total. The van der Waals surface area contributed by atoms with Gasteiger partial charge in [0.25, 0.3) is 11.8 Å². The topological polar surface area (TPSA) is 46.6 Å². The van der Waals surface area contributed by atoms with Crippen molar-refractivity contribution >= 4 is 38.5 Å². The number of hydrogen-bond acceptors (Lipinski definition) is 3. The second kappa shape index (κ2) is 5.18. The molecule has 0 unspecified atom stereocenters. The molecule has 0 saturated carbocycles. The summed E-state index contributed by atoms with van der Waals surface area (Å²) in [6, 6.07) is 9.20. The normalized spacial score (nSPS) is 21.0. The molecule has 2 aromatic rings. The minimum Gasteiger partial charge on any atom is -0.376 e. The fourth-order valence-corrected chi connectivity index (χ4v) is 3.73. The molecule has 0 radical (unpaired) electrons. The van der Waals surface area contributed by atoms with Gasteiger partial charge in [-0.25, -0.2) is 0 Å². The fraction of sp³-hybridized carbons (Fsp3) is 0.294. The van der Waals surface area contributed by atoms with E-state index in [-0.39, 0.29) is 17.9 Å². The zero-order valence-corrected chi connectivity index (χ0v) is 13.4. The van der Waals surface area contributed by atoms with Crippen molar-refractivity contribution in [3.63, 3.8) is 0 Å². The van der Waals surface area contributed by atoms with Crippen molar-refractivity contribution in [3.05, 3.63) is 45.9 Å². The average Bonchev–Trinajstić information content (AvgIpc) is 3.03. The molecule has 2 amide bonds. The van der Waals surface area contributed by atoms with Gasteiger partial charge in [0.05, 0.1) is 12.6 Å². The lowest BCUT2D eigenvalue weighted by Gasteiger charge is -2.29. The van der Waals surface area contributed by atoms with Crippen LogP contribution in [0.3, 0.4) is 0 Å². The van der Waals surface area contributed by atoms with Gasteiger partial charge in [-0.05, 0) is 36.4 Å². The maximum atomic E-state index is 12.7. The molecule has 1 saturated heterocycles. The molecule has 2 aliphatic rings. The van der Waals surface area contributed by atoms with Crippen LogP contribution in [-0.2, 0) is 4.74 Å². The molecule has 0 spiro atoms. The highest BCUT2D eigenvalue weighted by Gasteiger charge is 2.35. The van der Waals surface area contributed by atoms with Crippen molar-refractivity contribution in [1.82, 2.24) is 4.90 Å². The Morgan fingerprint density at radius 2 is 1.91 bits per heavy atom. The van der Waals surface area contributed by atoms with Crippen LogP contribution in [-0.4, -0.2) is 36.0 Å². The lowest BCUT2D eigenvalue weighted by atomic mass is 9.94. The number of ether oxygens (including phenoxy) is 1. The number of amides is 2. The highest BCUT2D eigenvalue weighted by molar-refractivity contribution is 9.10. The number of benzene rings is 2. The SMILES string of the molecule is O=C1c2cccc3c(Br)ccc(c23)C(=O)N1C[C@@H]1CCCO1. The highest BCUT2D eigenvalue weighted by atomic mass is 79.9. The monoisotopic (exact) mass is 359 g/mol. The second-order valence-corrected chi connectivity index (χ2v) is 6.53. The molecule has 0 bridgehead atoms. The number of carbonyl (C=O) groups is 2. The maximum absolute atomic E-state index is 12.7. The van der Waals surface area contributed by atoms with E-state index in [2.05, 4.69) is 15.9 Å². The largest absolute Gasteiger partial charge is 0.376 e. The number of rotatable bonds is 2. The van der Waals surface area contributed by atoms with E-state index >= 15 is 0 Å². The Hall–Kier alpha value is -1.72. The molecule has 2 heterocycles. The first-order valence-corrected chi connectivity index (χ1v) is 8.15. The van der Waals surface area contributed by atoms with Crippen molar-refractivity contribution in [1.29, 1.82) is 0 Å². The smallest absolute Gasteiger partial charge is 0.261 e. The van der Waals surface area contributed by atoms with E-state index in [9.17, 15) is 9.59 Å². The van der Waals surface area contributed by atoms with Crippen molar-refractivity contribution in [2.24, 2.45) is 0 Å². The molecule has 112 valence electrons. The van der Waals surface area contributed by atoms with Gasteiger partial charge >= 0.3 is 0 Å². The zero-order chi connectivity index (χ0) is 15.3. The second-order valence-electron chi connectivity index (χ2n) is 5.68. The predicted molar refractivity (Wildman–Crippen MR) is 86.0 cm³/mol. The Kier molecular flexibility index (Phi) is 3.27. The molecule has 4 rings (SSSR count). The first-order valence-electron chi connectivity index (χ1n) is 7.36. The van der Waals surface area contributed by atoms with Crippen molar-refractivity contribution in [3.8, 4) is 0 Å². The van der Waals surface area contributed by atoms with Crippen LogP contribution in [0.15, 0.2) is 34.8 Å². The van der Waals surface area contributed by atoms with Gasteiger partial charge in [0.2, 0.25) is 0 Å². The van der Waals surface area contributed by atoms with E-state index in [1.54, 1.807) is 12.1 Å². The minimum absolute atomic E-state index is 0.0379. The lowest BCUT2D eigenvalue weighted by Crippen LogP contribution is -2.44. The Bertz CT molecular complexity index is 774. The third-order valence-corrected chi connectivity index (χ3v) is 5.04. The molecular weight excluding hydrogens is 346 g/mol. The summed E-state index contributed by atoms with van der Waals surface area (Å²) in [6.07, 6.45) is 1.85. The molecule has 1 atom stereocenters. The molecular formula is C17H14BrNO3. The summed E-state index contributed by atoms with van der Waals surface area (Å²) in [5.41, 5.74) is 1.18. The lowest BCUT2D eigenvalue weighted by molar-refractivity contribution is 0.0437. The fourth-order valence-electron chi connectivity index (χ4n) is 3.27. The Morgan fingerprint density at radius 3 is 2.64 bits per heavy atom. The molecule has 0 aromatic heterocycles. The van der Waals surface area contributed by atoms with Crippen LogP contribution >= 0.6 is 15.9 Å². The van der Waals surface area contributed by atoms with Gasteiger partial charge in [0, 0.05) is 27.6 Å². The molecule has 2 aromatic carbocycles. The summed E-state index contributed by atoms with van der Waals surface area (Å²) < 4.78 is 6.47. The molecule has 0 aliphatic carbocycles. The van der Waals surface area contributed by atoms with Gasteiger partial charge in [-0.15, -0.1) is 0 Å². The Balaban J connectivity index is 1.83. The number of nitrogens with zero attached hydrogens (tertiary/aromatic N) is 1. The van der Waals surface area contributed by atoms with Crippen molar-refractivity contribution in [2.45, 2.75) is 18.9 Å². The quantitative estimate of drug-likeness (QED) is 0.772. The third kappa shape index (κ3) is 2.00. The van der Waals surface area contributed by atoms with Gasteiger partial charge in [-0.2, -0.15) is 0 Å². The Labute approximate surface area is 136 Å². The third-order valence-electron chi connectivity index (χ3n) is 4.35. The van der Waals surface area contributed by atoms with Gasteiger partial charge in [0.1, 0.15) is 0 Å². The summed E-state index contributed by atoms with van der Waals surface area (Å²) in [5.74, 6) is -0.451. The molecule has 2 aliphatic heterocycles.